The molecule has 0 bridgehead atoms. The van der Waals surface area contributed by atoms with E-state index in [0.29, 0.717) is 26.8 Å². The molecule has 0 aliphatic heterocycles. The van der Waals surface area contributed by atoms with Crippen molar-refractivity contribution in [1.29, 1.82) is 0 Å². The normalized spacial score (nSPS) is 17.4. The number of aromatic nitrogens is 2. The molecule has 0 saturated heterocycles. The summed E-state index contributed by atoms with van der Waals surface area (Å²) in [6, 6.07) is 6.80. The number of thiophene rings is 1. The first-order chi connectivity index (χ1) is 11.0. The molecule has 0 fully saturated rings. The van der Waals surface area contributed by atoms with E-state index < -0.39 is 5.69 Å². The highest BCUT2D eigenvalue weighted by atomic mass is 35.5. The molecule has 0 amide bonds. The Labute approximate surface area is 141 Å². The third-order valence-corrected chi connectivity index (χ3v) is 5.82. The molecular weight excluding hydrogens is 332 g/mol. The number of benzene rings is 1. The van der Waals surface area contributed by atoms with Crippen LogP contribution < -0.4 is 11.2 Å². The van der Waals surface area contributed by atoms with Crippen LogP contribution in [0.15, 0.2) is 33.9 Å². The van der Waals surface area contributed by atoms with Gasteiger partial charge in [0.25, 0.3) is 5.56 Å². The van der Waals surface area contributed by atoms with Gasteiger partial charge >= 0.3 is 5.69 Å². The van der Waals surface area contributed by atoms with Crippen molar-refractivity contribution in [2.24, 2.45) is 5.92 Å². The van der Waals surface area contributed by atoms with Crippen molar-refractivity contribution in [3.63, 3.8) is 0 Å². The molecule has 0 radical (unpaired) electrons. The molecule has 1 N–H and O–H groups in total. The van der Waals surface area contributed by atoms with Crippen molar-refractivity contribution < 1.29 is 0 Å². The fourth-order valence-electron chi connectivity index (χ4n) is 3.27. The quantitative estimate of drug-likeness (QED) is 0.733. The minimum Gasteiger partial charge on any atom is -0.298 e. The van der Waals surface area contributed by atoms with Gasteiger partial charge in [-0.25, -0.2) is 9.36 Å². The van der Waals surface area contributed by atoms with Gasteiger partial charge in [0, 0.05) is 9.90 Å². The first-order valence-electron chi connectivity index (χ1n) is 7.60. The standard InChI is InChI=1S/C17H15ClN2O2S/c1-9-5-6-12-13(7-9)23-15-14(12)16(21)20(17(22)19-15)11-4-2-3-10(18)8-11/h2-4,8-9H,5-7H2,1H3,(H,19,22). The monoisotopic (exact) mass is 346 g/mol. The van der Waals surface area contributed by atoms with E-state index in [4.69, 9.17) is 11.6 Å². The average Bonchev–Trinajstić information content (AvgIpc) is 2.84. The maximum Gasteiger partial charge on any atom is 0.334 e. The molecule has 1 atom stereocenters. The number of aromatic amines is 1. The van der Waals surface area contributed by atoms with E-state index in [9.17, 15) is 9.59 Å². The molecule has 4 rings (SSSR count). The van der Waals surface area contributed by atoms with Crippen LogP contribution in [0.25, 0.3) is 15.9 Å². The third-order valence-electron chi connectivity index (χ3n) is 4.42. The molecule has 4 nitrogen and oxygen atoms in total. The number of halogens is 1. The van der Waals surface area contributed by atoms with Gasteiger partial charge in [0.2, 0.25) is 0 Å². The number of fused-ring (bicyclic) bond motifs is 3. The predicted octanol–water partition coefficient (Wildman–Crippen LogP) is 3.52. The summed E-state index contributed by atoms with van der Waals surface area (Å²) < 4.78 is 1.18. The van der Waals surface area contributed by atoms with Gasteiger partial charge in [0.1, 0.15) is 4.83 Å². The van der Waals surface area contributed by atoms with Crippen LogP contribution in [0.4, 0.5) is 0 Å². The second-order valence-electron chi connectivity index (χ2n) is 6.11. The highest BCUT2D eigenvalue weighted by Gasteiger charge is 2.24. The van der Waals surface area contributed by atoms with Crippen LogP contribution in [-0.2, 0) is 12.8 Å². The second kappa shape index (κ2) is 5.35. The van der Waals surface area contributed by atoms with Gasteiger partial charge in [-0.1, -0.05) is 24.6 Å². The van der Waals surface area contributed by atoms with Crippen molar-refractivity contribution in [2.45, 2.75) is 26.2 Å². The molecule has 0 spiro atoms. The Morgan fingerprint density at radius 3 is 2.96 bits per heavy atom. The van der Waals surface area contributed by atoms with Gasteiger partial charge in [-0.05, 0) is 48.9 Å². The van der Waals surface area contributed by atoms with Crippen LogP contribution >= 0.6 is 22.9 Å². The highest BCUT2D eigenvalue weighted by molar-refractivity contribution is 7.18. The van der Waals surface area contributed by atoms with E-state index in [0.717, 1.165) is 24.8 Å². The predicted molar refractivity (Wildman–Crippen MR) is 94.2 cm³/mol. The number of H-pyrrole nitrogens is 1. The Balaban J connectivity index is 2.04. The number of nitrogens with zero attached hydrogens (tertiary/aromatic N) is 1. The molecule has 2 heterocycles. The molecular formula is C17H15ClN2O2S. The van der Waals surface area contributed by atoms with E-state index in [2.05, 4.69) is 11.9 Å². The van der Waals surface area contributed by atoms with Crippen LogP contribution in [0.2, 0.25) is 5.02 Å². The van der Waals surface area contributed by atoms with Gasteiger partial charge < -0.3 is 0 Å². The number of aryl methyl sites for hydroxylation is 1. The van der Waals surface area contributed by atoms with Crippen LogP contribution in [0, 0.1) is 5.92 Å². The summed E-state index contributed by atoms with van der Waals surface area (Å²) in [4.78, 5) is 30.2. The van der Waals surface area contributed by atoms with Gasteiger partial charge in [0.15, 0.2) is 0 Å². The molecule has 1 aliphatic carbocycles. The maximum absolute atomic E-state index is 13.0. The summed E-state index contributed by atoms with van der Waals surface area (Å²) in [5.41, 5.74) is 0.935. The molecule has 23 heavy (non-hydrogen) atoms. The minimum absolute atomic E-state index is 0.252. The molecule has 1 aliphatic rings. The molecule has 118 valence electrons. The van der Waals surface area contributed by atoms with E-state index in [-0.39, 0.29) is 5.56 Å². The largest absolute Gasteiger partial charge is 0.334 e. The Morgan fingerprint density at radius 1 is 1.35 bits per heavy atom. The Hall–Kier alpha value is -1.85. The molecule has 1 unspecified atom stereocenters. The summed E-state index contributed by atoms with van der Waals surface area (Å²) in [6.07, 6.45) is 2.95. The molecule has 1 aromatic carbocycles. The zero-order valence-electron chi connectivity index (χ0n) is 12.6. The lowest BCUT2D eigenvalue weighted by Crippen LogP contribution is -2.33. The smallest absolute Gasteiger partial charge is 0.298 e. The SMILES string of the molecule is CC1CCc2c(sc3[nH]c(=O)n(-c4cccc(Cl)c4)c(=O)c23)C1. The van der Waals surface area contributed by atoms with Crippen LogP contribution in [0.1, 0.15) is 23.8 Å². The lowest BCUT2D eigenvalue weighted by molar-refractivity contribution is 0.509. The maximum atomic E-state index is 13.0. The van der Waals surface area contributed by atoms with Crippen LogP contribution in [0.5, 0.6) is 0 Å². The Kier molecular flexibility index (Phi) is 3.43. The molecule has 0 saturated carbocycles. The van der Waals surface area contributed by atoms with Gasteiger partial charge in [-0.3, -0.25) is 9.78 Å². The van der Waals surface area contributed by atoms with E-state index >= 15 is 0 Å². The number of nitrogens with one attached hydrogen (secondary N) is 1. The van der Waals surface area contributed by atoms with E-state index in [1.807, 2.05) is 0 Å². The van der Waals surface area contributed by atoms with Crippen LogP contribution in [-0.4, -0.2) is 9.55 Å². The van der Waals surface area contributed by atoms with Crippen molar-refractivity contribution in [3.05, 3.63) is 60.6 Å². The van der Waals surface area contributed by atoms with Crippen molar-refractivity contribution in [1.82, 2.24) is 9.55 Å². The number of rotatable bonds is 1. The fraction of sp³-hybridized carbons (Fsp3) is 0.294. The number of hydrogen-bond donors (Lipinski definition) is 1. The van der Waals surface area contributed by atoms with Gasteiger partial charge in [-0.15, -0.1) is 11.3 Å². The zero-order valence-corrected chi connectivity index (χ0v) is 14.1. The molecule has 6 heteroatoms. The fourth-order valence-corrected chi connectivity index (χ4v) is 4.85. The van der Waals surface area contributed by atoms with Crippen LogP contribution in [0.3, 0.4) is 0 Å². The number of hydrogen-bond acceptors (Lipinski definition) is 3. The third kappa shape index (κ3) is 2.35. The second-order valence-corrected chi connectivity index (χ2v) is 7.65. The molecule has 2 aromatic heterocycles. The summed E-state index contributed by atoms with van der Waals surface area (Å²) in [6.45, 7) is 2.22. The lowest BCUT2D eigenvalue weighted by Gasteiger charge is -2.17. The van der Waals surface area contributed by atoms with E-state index in [1.165, 1.54) is 9.44 Å². The highest BCUT2D eigenvalue weighted by Crippen LogP contribution is 2.35. The summed E-state index contributed by atoms with van der Waals surface area (Å²) >= 11 is 7.55. The van der Waals surface area contributed by atoms with Crippen molar-refractivity contribution >= 4 is 33.2 Å². The van der Waals surface area contributed by atoms with Crippen molar-refractivity contribution in [2.75, 3.05) is 0 Å². The van der Waals surface area contributed by atoms with Gasteiger partial charge in [-0.2, -0.15) is 0 Å². The first-order valence-corrected chi connectivity index (χ1v) is 8.79. The Bertz CT molecular complexity index is 1030. The van der Waals surface area contributed by atoms with Gasteiger partial charge in [0.05, 0.1) is 11.1 Å². The summed E-state index contributed by atoms with van der Waals surface area (Å²) in [7, 11) is 0. The van der Waals surface area contributed by atoms with E-state index in [1.54, 1.807) is 35.6 Å². The average molecular weight is 347 g/mol. The summed E-state index contributed by atoms with van der Waals surface area (Å²) in [5, 5.41) is 1.16. The molecule has 3 aromatic rings. The Morgan fingerprint density at radius 2 is 2.17 bits per heavy atom. The minimum atomic E-state index is -0.420. The topological polar surface area (TPSA) is 54.9 Å². The summed E-state index contributed by atoms with van der Waals surface area (Å²) in [5.74, 6) is 0.623. The lowest BCUT2D eigenvalue weighted by atomic mass is 9.89. The first kappa shape index (κ1) is 14.7. The van der Waals surface area contributed by atoms with Crippen molar-refractivity contribution in [3.8, 4) is 5.69 Å². The zero-order chi connectivity index (χ0) is 16.1.